The first-order chi connectivity index (χ1) is 11.2. The zero-order chi connectivity index (χ0) is 16.5. The van der Waals surface area contributed by atoms with Crippen LogP contribution < -0.4 is 27.2 Å². The number of benzene rings is 1. The standard InChI is InChI=1S/C18H25BrN2O2.ClH/c1-22-17-12-14(11-16(19)18(17)23-10-9-20)13-21-15-7-5-3-2-4-6-8-15;/h11-12,15,21H,2-8,10,13H2,1H3;1H/p-1. The van der Waals surface area contributed by atoms with Gasteiger partial charge in [0, 0.05) is 12.6 Å². The summed E-state index contributed by atoms with van der Waals surface area (Å²) in [5.74, 6) is 1.24. The van der Waals surface area contributed by atoms with Crippen LogP contribution in [0.5, 0.6) is 11.5 Å². The van der Waals surface area contributed by atoms with Crippen molar-refractivity contribution < 1.29 is 21.9 Å². The van der Waals surface area contributed by atoms with Crippen molar-refractivity contribution in [1.82, 2.24) is 5.32 Å². The zero-order valence-corrected chi connectivity index (χ0v) is 16.5. The van der Waals surface area contributed by atoms with E-state index >= 15 is 0 Å². The van der Waals surface area contributed by atoms with E-state index in [1.807, 2.05) is 18.2 Å². The summed E-state index contributed by atoms with van der Waals surface area (Å²) < 4.78 is 11.7. The summed E-state index contributed by atoms with van der Waals surface area (Å²) >= 11 is 3.52. The summed E-state index contributed by atoms with van der Waals surface area (Å²) in [6, 6.07) is 6.60. The van der Waals surface area contributed by atoms with Crippen LogP contribution in [-0.2, 0) is 6.54 Å². The molecule has 1 aliphatic carbocycles. The Hall–Kier alpha value is -0.960. The topological polar surface area (TPSA) is 54.3 Å². The molecule has 0 radical (unpaired) electrons. The van der Waals surface area contributed by atoms with Crippen LogP contribution in [0, 0.1) is 11.3 Å². The normalized spacial score (nSPS) is 15.5. The lowest BCUT2D eigenvalue weighted by Crippen LogP contribution is -3.00. The molecule has 4 nitrogen and oxygen atoms in total. The molecule has 0 aromatic heterocycles. The van der Waals surface area contributed by atoms with Gasteiger partial charge in [0.05, 0.1) is 11.6 Å². The van der Waals surface area contributed by atoms with Crippen LogP contribution in [0.1, 0.15) is 50.5 Å². The fourth-order valence-electron chi connectivity index (χ4n) is 3.04. The van der Waals surface area contributed by atoms with Gasteiger partial charge in [-0.1, -0.05) is 32.1 Å². The zero-order valence-electron chi connectivity index (χ0n) is 14.1. The molecule has 0 aliphatic heterocycles. The van der Waals surface area contributed by atoms with E-state index in [0.29, 0.717) is 17.5 Å². The van der Waals surface area contributed by atoms with Gasteiger partial charge in [0.1, 0.15) is 6.07 Å². The van der Waals surface area contributed by atoms with Crippen LogP contribution in [0.25, 0.3) is 0 Å². The number of methoxy groups -OCH3 is 1. The second kappa shape index (κ2) is 11.6. The quantitative estimate of drug-likeness (QED) is 0.765. The summed E-state index contributed by atoms with van der Waals surface area (Å²) in [5, 5.41) is 12.3. The minimum absolute atomic E-state index is 0. The number of ether oxygens (including phenoxy) is 2. The van der Waals surface area contributed by atoms with Crippen molar-refractivity contribution in [3.8, 4) is 17.6 Å². The van der Waals surface area contributed by atoms with E-state index in [4.69, 9.17) is 14.7 Å². The number of hydrogen-bond donors (Lipinski definition) is 1. The predicted octanol–water partition coefficient (Wildman–Crippen LogP) is 1.57. The number of halogens is 2. The Kier molecular flexibility index (Phi) is 10.2. The first-order valence-corrected chi connectivity index (χ1v) is 9.13. The lowest BCUT2D eigenvalue weighted by molar-refractivity contribution is -0.00000557. The van der Waals surface area contributed by atoms with Gasteiger partial charge in [-0.15, -0.1) is 0 Å². The van der Waals surface area contributed by atoms with Crippen LogP contribution in [0.4, 0.5) is 0 Å². The molecule has 0 saturated heterocycles. The molecule has 24 heavy (non-hydrogen) atoms. The van der Waals surface area contributed by atoms with Gasteiger partial charge in [-0.2, -0.15) is 5.26 Å². The molecule has 0 bridgehead atoms. The minimum Gasteiger partial charge on any atom is -1.00 e. The van der Waals surface area contributed by atoms with Crippen molar-refractivity contribution in [2.24, 2.45) is 0 Å². The molecule has 1 saturated carbocycles. The van der Waals surface area contributed by atoms with E-state index in [9.17, 15) is 0 Å². The Morgan fingerprint density at radius 2 is 1.88 bits per heavy atom. The first-order valence-electron chi connectivity index (χ1n) is 8.34. The van der Waals surface area contributed by atoms with Crippen molar-refractivity contribution in [2.45, 2.75) is 57.5 Å². The molecule has 1 fully saturated rings. The summed E-state index contributed by atoms with van der Waals surface area (Å²) in [7, 11) is 1.62. The maximum absolute atomic E-state index is 8.67. The first kappa shape index (κ1) is 21.1. The van der Waals surface area contributed by atoms with Gasteiger partial charge in [0.15, 0.2) is 18.1 Å². The van der Waals surface area contributed by atoms with Crippen molar-refractivity contribution in [1.29, 1.82) is 5.26 Å². The van der Waals surface area contributed by atoms with Crippen molar-refractivity contribution in [2.75, 3.05) is 13.7 Å². The number of nitrogens with one attached hydrogen (secondary N) is 1. The van der Waals surface area contributed by atoms with Crippen molar-refractivity contribution in [3.63, 3.8) is 0 Å². The molecular weight excluding hydrogens is 392 g/mol. The lowest BCUT2D eigenvalue weighted by Gasteiger charge is -2.21. The van der Waals surface area contributed by atoms with Crippen LogP contribution in [0.15, 0.2) is 16.6 Å². The van der Waals surface area contributed by atoms with Gasteiger partial charge in [-0.3, -0.25) is 0 Å². The van der Waals surface area contributed by atoms with E-state index in [1.54, 1.807) is 7.11 Å². The molecular formula is C18H25BrClN2O2-. The second-order valence-electron chi connectivity index (χ2n) is 5.98. The highest BCUT2D eigenvalue weighted by Crippen LogP contribution is 2.36. The Balaban J connectivity index is 0.00000288. The molecule has 0 atom stereocenters. The molecule has 1 aromatic carbocycles. The second-order valence-corrected chi connectivity index (χ2v) is 6.83. The lowest BCUT2D eigenvalue weighted by atomic mass is 9.96. The highest BCUT2D eigenvalue weighted by atomic mass is 79.9. The fraction of sp³-hybridized carbons (Fsp3) is 0.611. The van der Waals surface area contributed by atoms with Crippen LogP contribution >= 0.6 is 15.9 Å². The third kappa shape index (κ3) is 6.51. The Bertz CT molecular complexity index is 541. The predicted molar refractivity (Wildman–Crippen MR) is 94.7 cm³/mol. The molecule has 0 spiro atoms. The van der Waals surface area contributed by atoms with E-state index in [1.165, 1.54) is 44.9 Å². The molecule has 0 unspecified atom stereocenters. The summed E-state index contributed by atoms with van der Waals surface area (Å²) in [6.45, 7) is 0.826. The van der Waals surface area contributed by atoms with Crippen molar-refractivity contribution in [3.05, 3.63) is 22.2 Å². The molecule has 1 aromatic rings. The molecule has 2 rings (SSSR count). The highest BCUT2D eigenvalue weighted by Gasteiger charge is 2.14. The van der Waals surface area contributed by atoms with Crippen LogP contribution in [0.2, 0.25) is 0 Å². The van der Waals surface area contributed by atoms with Gasteiger partial charge in [-0.25, -0.2) is 0 Å². The number of hydrogen-bond acceptors (Lipinski definition) is 4. The van der Waals surface area contributed by atoms with E-state index in [-0.39, 0.29) is 19.0 Å². The highest BCUT2D eigenvalue weighted by molar-refractivity contribution is 9.10. The van der Waals surface area contributed by atoms with Gasteiger partial charge >= 0.3 is 0 Å². The van der Waals surface area contributed by atoms with E-state index < -0.39 is 0 Å². The largest absolute Gasteiger partial charge is 1.00 e. The maximum Gasteiger partial charge on any atom is 0.176 e. The molecule has 1 N–H and O–H groups in total. The van der Waals surface area contributed by atoms with E-state index in [2.05, 4.69) is 21.2 Å². The van der Waals surface area contributed by atoms with E-state index in [0.717, 1.165) is 16.6 Å². The van der Waals surface area contributed by atoms with Crippen LogP contribution in [-0.4, -0.2) is 19.8 Å². The average molecular weight is 417 g/mol. The Morgan fingerprint density at radius 3 is 2.50 bits per heavy atom. The smallest absolute Gasteiger partial charge is 0.176 e. The van der Waals surface area contributed by atoms with Gasteiger partial charge in [0.25, 0.3) is 0 Å². The molecule has 1 aliphatic rings. The fourth-order valence-corrected chi connectivity index (χ4v) is 3.65. The van der Waals surface area contributed by atoms with Crippen LogP contribution in [0.3, 0.4) is 0 Å². The monoisotopic (exact) mass is 415 g/mol. The molecule has 6 heteroatoms. The molecule has 134 valence electrons. The molecule has 0 heterocycles. The third-order valence-corrected chi connectivity index (χ3v) is 4.86. The summed E-state index contributed by atoms with van der Waals surface area (Å²) in [4.78, 5) is 0. The third-order valence-electron chi connectivity index (χ3n) is 4.27. The minimum atomic E-state index is 0. The number of rotatable bonds is 6. The summed E-state index contributed by atoms with van der Waals surface area (Å²) in [5.41, 5.74) is 1.15. The number of nitrogens with zero attached hydrogens (tertiary/aromatic N) is 1. The van der Waals surface area contributed by atoms with Gasteiger partial charge in [0.2, 0.25) is 0 Å². The van der Waals surface area contributed by atoms with Gasteiger partial charge in [-0.05, 0) is 46.5 Å². The average Bonchev–Trinajstić information content (AvgIpc) is 2.52. The Labute approximate surface area is 159 Å². The summed E-state index contributed by atoms with van der Waals surface area (Å²) in [6.07, 6.45) is 9.30. The Morgan fingerprint density at radius 1 is 1.21 bits per heavy atom. The maximum atomic E-state index is 8.67. The number of nitriles is 1. The van der Waals surface area contributed by atoms with Gasteiger partial charge < -0.3 is 27.2 Å². The SMILES string of the molecule is COc1cc(CNC2CCCCCCC2)cc(Br)c1OCC#N.[Cl-]. The van der Waals surface area contributed by atoms with Crippen molar-refractivity contribution >= 4 is 15.9 Å². The molecule has 0 amide bonds.